The van der Waals surface area contributed by atoms with Crippen molar-refractivity contribution >= 4 is 34.3 Å². The van der Waals surface area contributed by atoms with Crippen LogP contribution in [0.5, 0.6) is 0 Å². The number of esters is 1. The molecule has 0 aliphatic carbocycles. The van der Waals surface area contributed by atoms with Crippen molar-refractivity contribution < 1.29 is 14.6 Å². The van der Waals surface area contributed by atoms with Gasteiger partial charge in [0, 0.05) is 5.39 Å². The lowest BCUT2D eigenvalue weighted by atomic mass is 10.1. The number of carbonyl (C=O) groups excluding carboxylic acids is 1. The van der Waals surface area contributed by atoms with Crippen LogP contribution in [0.1, 0.15) is 18.3 Å². The molecule has 3 aromatic rings. The fourth-order valence-corrected chi connectivity index (χ4v) is 2.73. The number of allylic oxidation sites excluding steroid dienone is 1. The molecular weight excluding hydrogens is 342 g/mol. The zero-order chi connectivity index (χ0) is 19.2. The average Bonchev–Trinajstić information content (AvgIpc) is 2.71. The first-order valence-corrected chi connectivity index (χ1v) is 8.58. The summed E-state index contributed by atoms with van der Waals surface area (Å²) in [6.07, 6.45) is 1.89. The molecule has 6 heteroatoms. The summed E-state index contributed by atoms with van der Waals surface area (Å²) >= 11 is 0. The van der Waals surface area contributed by atoms with E-state index in [0.29, 0.717) is 11.6 Å². The lowest BCUT2D eigenvalue weighted by Gasteiger charge is -2.16. The quantitative estimate of drug-likeness (QED) is 0.655. The fourth-order valence-electron chi connectivity index (χ4n) is 2.73. The molecule has 0 aliphatic heterocycles. The van der Waals surface area contributed by atoms with Gasteiger partial charge in [0.1, 0.15) is 11.9 Å². The van der Waals surface area contributed by atoms with Crippen LogP contribution in [-0.4, -0.2) is 40.8 Å². The molecule has 0 bridgehead atoms. The van der Waals surface area contributed by atoms with E-state index in [1.165, 1.54) is 7.11 Å². The van der Waals surface area contributed by atoms with E-state index < -0.39 is 18.6 Å². The minimum Gasteiger partial charge on any atom is -0.467 e. The van der Waals surface area contributed by atoms with Gasteiger partial charge in [-0.3, -0.25) is 0 Å². The molecule has 0 saturated carbocycles. The molecule has 0 spiro atoms. The van der Waals surface area contributed by atoms with Gasteiger partial charge in [-0.05, 0) is 36.3 Å². The zero-order valence-corrected chi connectivity index (χ0v) is 15.2. The summed E-state index contributed by atoms with van der Waals surface area (Å²) in [7, 11) is 1.28. The second kappa shape index (κ2) is 8.42. The number of hydrogen-bond donors (Lipinski definition) is 2. The van der Waals surface area contributed by atoms with Crippen LogP contribution in [0, 0.1) is 0 Å². The maximum atomic E-state index is 11.8. The number of rotatable bonds is 6. The zero-order valence-electron chi connectivity index (χ0n) is 15.2. The van der Waals surface area contributed by atoms with Crippen LogP contribution in [0.2, 0.25) is 0 Å². The van der Waals surface area contributed by atoms with Crippen LogP contribution in [0.3, 0.4) is 0 Å². The van der Waals surface area contributed by atoms with E-state index in [2.05, 4.69) is 15.3 Å². The maximum absolute atomic E-state index is 11.8. The van der Waals surface area contributed by atoms with E-state index >= 15 is 0 Å². The first-order chi connectivity index (χ1) is 13.1. The van der Waals surface area contributed by atoms with Crippen molar-refractivity contribution in [3.8, 4) is 0 Å². The number of fused-ring (bicyclic) bond motifs is 1. The van der Waals surface area contributed by atoms with E-state index in [0.717, 1.165) is 22.0 Å². The van der Waals surface area contributed by atoms with Crippen molar-refractivity contribution in [2.75, 3.05) is 19.0 Å². The number of nitrogens with zero attached hydrogens (tertiary/aromatic N) is 2. The van der Waals surface area contributed by atoms with Gasteiger partial charge in [-0.15, -0.1) is 0 Å². The normalized spacial score (nSPS) is 12.6. The van der Waals surface area contributed by atoms with Gasteiger partial charge in [-0.2, -0.15) is 0 Å². The molecule has 0 aliphatic rings. The molecule has 0 radical (unpaired) electrons. The summed E-state index contributed by atoms with van der Waals surface area (Å²) in [6.45, 7) is 1.59. The van der Waals surface area contributed by atoms with Gasteiger partial charge in [-0.1, -0.05) is 42.5 Å². The standard InChI is InChI=1S/C21H21N3O3/c1-14(15-8-4-3-5-9-15)12-19-22-17-11-7-6-10-16(17)20(24-19)23-18(13-25)21(26)27-2/h3-12,18,25H,13H2,1-2H3,(H,22,23,24)/b14-12+/t18-/m0/s1. The summed E-state index contributed by atoms with van der Waals surface area (Å²) in [6, 6.07) is 16.6. The number of aromatic nitrogens is 2. The number of carbonyl (C=O) groups is 1. The van der Waals surface area contributed by atoms with Crippen LogP contribution in [0.4, 0.5) is 5.82 Å². The minimum absolute atomic E-state index is 0.404. The number of para-hydroxylation sites is 1. The topological polar surface area (TPSA) is 84.3 Å². The first-order valence-electron chi connectivity index (χ1n) is 8.58. The maximum Gasteiger partial charge on any atom is 0.330 e. The van der Waals surface area contributed by atoms with E-state index in [1.54, 1.807) is 0 Å². The molecule has 0 unspecified atom stereocenters. The molecule has 6 nitrogen and oxygen atoms in total. The lowest BCUT2D eigenvalue weighted by Crippen LogP contribution is -2.34. The molecule has 3 rings (SSSR count). The summed E-state index contributed by atoms with van der Waals surface area (Å²) in [5, 5.41) is 13.2. The Balaban J connectivity index is 2.04. The molecule has 2 aromatic carbocycles. The molecule has 0 saturated heterocycles. The summed E-state index contributed by atoms with van der Waals surface area (Å²) in [5.41, 5.74) is 2.83. The van der Waals surface area contributed by atoms with Crippen molar-refractivity contribution in [1.29, 1.82) is 0 Å². The number of aliphatic hydroxyl groups is 1. The number of methoxy groups -OCH3 is 1. The molecule has 27 heavy (non-hydrogen) atoms. The number of ether oxygens (including phenoxy) is 1. The highest BCUT2D eigenvalue weighted by atomic mass is 16.5. The van der Waals surface area contributed by atoms with Gasteiger partial charge in [0.05, 0.1) is 19.2 Å². The van der Waals surface area contributed by atoms with E-state index in [1.807, 2.05) is 67.6 Å². The lowest BCUT2D eigenvalue weighted by molar-refractivity contribution is -0.142. The van der Waals surface area contributed by atoms with Crippen molar-refractivity contribution in [3.63, 3.8) is 0 Å². The van der Waals surface area contributed by atoms with Gasteiger partial charge < -0.3 is 15.2 Å². The smallest absolute Gasteiger partial charge is 0.330 e. The van der Waals surface area contributed by atoms with Crippen molar-refractivity contribution in [3.05, 3.63) is 66.0 Å². The third kappa shape index (κ3) is 4.30. The second-order valence-corrected chi connectivity index (χ2v) is 6.04. The summed E-state index contributed by atoms with van der Waals surface area (Å²) in [5.74, 6) is 0.425. The Morgan fingerprint density at radius 1 is 1.15 bits per heavy atom. The molecule has 1 atom stereocenters. The van der Waals surface area contributed by atoms with Crippen LogP contribution < -0.4 is 5.32 Å². The highest BCUT2D eigenvalue weighted by Crippen LogP contribution is 2.23. The largest absolute Gasteiger partial charge is 0.467 e. The van der Waals surface area contributed by atoms with Crippen LogP contribution in [0.15, 0.2) is 54.6 Å². The Bertz CT molecular complexity index is 971. The SMILES string of the molecule is COC(=O)[C@H](CO)Nc1nc(/C=C(\C)c2ccccc2)nc2ccccc12. The number of hydrogen-bond acceptors (Lipinski definition) is 6. The van der Waals surface area contributed by atoms with E-state index in [-0.39, 0.29) is 0 Å². The molecular formula is C21H21N3O3. The molecule has 1 aromatic heterocycles. The fraction of sp³-hybridized carbons (Fsp3) is 0.190. The van der Waals surface area contributed by atoms with Gasteiger partial charge >= 0.3 is 5.97 Å². The number of benzene rings is 2. The highest BCUT2D eigenvalue weighted by molar-refractivity contribution is 5.92. The van der Waals surface area contributed by atoms with Gasteiger partial charge in [-0.25, -0.2) is 14.8 Å². The third-order valence-electron chi connectivity index (χ3n) is 4.17. The number of nitrogens with one attached hydrogen (secondary N) is 1. The van der Waals surface area contributed by atoms with Crippen LogP contribution in [0.25, 0.3) is 22.6 Å². The van der Waals surface area contributed by atoms with E-state index in [4.69, 9.17) is 4.74 Å². The Labute approximate surface area is 157 Å². The molecule has 1 heterocycles. The first kappa shape index (κ1) is 18.5. The molecule has 0 amide bonds. The average molecular weight is 363 g/mol. The van der Waals surface area contributed by atoms with Gasteiger partial charge in [0.15, 0.2) is 5.82 Å². The van der Waals surface area contributed by atoms with Gasteiger partial charge in [0.2, 0.25) is 0 Å². The van der Waals surface area contributed by atoms with Gasteiger partial charge in [0.25, 0.3) is 0 Å². The molecule has 2 N–H and O–H groups in total. The Kier molecular flexibility index (Phi) is 5.78. The second-order valence-electron chi connectivity index (χ2n) is 6.04. The number of aliphatic hydroxyl groups excluding tert-OH is 1. The third-order valence-corrected chi connectivity index (χ3v) is 4.17. The minimum atomic E-state index is -0.902. The highest BCUT2D eigenvalue weighted by Gasteiger charge is 2.20. The van der Waals surface area contributed by atoms with E-state index in [9.17, 15) is 9.90 Å². The number of anilines is 1. The van der Waals surface area contributed by atoms with Crippen LogP contribution in [-0.2, 0) is 9.53 Å². The molecule has 0 fully saturated rings. The summed E-state index contributed by atoms with van der Waals surface area (Å²) in [4.78, 5) is 21.0. The predicted molar refractivity (Wildman–Crippen MR) is 106 cm³/mol. The summed E-state index contributed by atoms with van der Waals surface area (Å²) < 4.78 is 4.72. The predicted octanol–water partition coefficient (Wildman–Crippen LogP) is 3.14. The monoisotopic (exact) mass is 363 g/mol. The molecule has 138 valence electrons. The Morgan fingerprint density at radius 2 is 1.85 bits per heavy atom. The Morgan fingerprint density at radius 3 is 2.56 bits per heavy atom. The van der Waals surface area contributed by atoms with Crippen molar-refractivity contribution in [2.45, 2.75) is 13.0 Å². The Hall–Kier alpha value is -3.25. The van der Waals surface area contributed by atoms with Crippen LogP contribution >= 0.6 is 0 Å². The van der Waals surface area contributed by atoms with Crippen molar-refractivity contribution in [2.24, 2.45) is 0 Å². The van der Waals surface area contributed by atoms with Crippen molar-refractivity contribution in [1.82, 2.24) is 9.97 Å².